The van der Waals surface area contributed by atoms with Gasteiger partial charge in [-0.2, -0.15) is 5.10 Å². The molecule has 4 aromatic rings. The fourth-order valence-corrected chi connectivity index (χ4v) is 3.80. The number of hydrazone groups is 1. The van der Waals surface area contributed by atoms with Gasteiger partial charge in [0.1, 0.15) is 0 Å². The van der Waals surface area contributed by atoms with Crippen LogP contribution in [0.3, 0.4) is 0 Å². The summed E-state index contributed by atoms with van der Waals surface area (Å²) in [4.78, 5) is 12.1. The number of halogens is 1. The van der Waals surface area contributed by atoms with Crippen LogP contribution in [0.15, 0.2) is 84.1 Å². The van der Waals surface area contributed by atoms with E-state index in [0.717, 1.165) is 32.3 Å². The summed E-state index contributed by atoms with van der Waals surface area (Å²) < 4.78 is 3.37. The summed E-state index contributed by atoms with van der Waals surface area (Å²) in [6, 6.07) is 24.5. The lowest BCUT2D eigenvalue weighted by Gasteiger charge is -2.08. The van der Waals surface area contributed by atoms with Gasteiger partial charge in [-0.1, -0.05) is 42.5 Å². The number of rotatable bonds is 7. The number of para-hydroxylation sites is 1. The maximum absolute atomic E-state index is 12.1. The van der Waals surface area contributed by atoms with Gasteiger partial charge in [-0.3, -0.25) is 4.79 Å². The van der Waals surface area contributed by atoms with Crippen LogP contribution in [-0.4, -0.2) is 23.2 Å². The number of amides is 1. The van der Waals surface area contributed by atoms with Crippen LogP contribution in [-0.2, 0) is 11.3 Å². The first-order chi connectivity index (χ1) is 15.1. The van der Waals surface area contributed by atoms with Gasteiger partial charge in [0.2, 0.25) is 0 Å². The first kappa shape index (κ1) is 21.1. The average Bonchev–Trinajstić information content (AvgIpc) is 3.12. The summed E-state index contributed by atoms with van der Waals surface area (Å²) in [5, 5.41) is 8.37. The molecular weight excluding hydrogens is 499 g/mol. The standard InChI is InChI=1S/C25H23IN4O/c1-18-6-2-3-7-19(18)16-30-17-20(23-8-4-5-9-24(23)30)14-28-29-25(31)15-27-22-12-10-21(26)11-13-22/h2-14,17,27H,15-16H2,1H3,(H,29,31)/b28-14+. The molecule has 1 aromatic heterocycles. The molecule has 4 rings (SSSR count). The Morgan fingerprint density at radius 1 is 1.03 bits per heavy atom. The minimum atomic E-state index is -0.196. The highest BCUT2D eigenvalue weighted by Crippen LogP contribution is 2.22. The Morgan fingerprint density at radius 3 is 2.58 bits per heavy atom. The van der Waals surface area contributed by atoms with E-state index in [-0.39, 0.29) is 12.5 Å². The number of nitrogens with zero attached hydrogens (tertiary/aromatic N) is 2. The first-order valence-electron chi connectivity index (χ1n) is 10.0. The van der Waals surface area contributed by atoms with E-state index in [1.807, 2.05) is 36.4 Å². The molecule has 6 heteroatoms. The molecule has 0 aliphatic heterocycles. The molecule has 0 fully saturated rings. The molecule has 156 valence electrons. The number of anilines is 1. The van der Waals surface area contributed by atoms with Gasteiger partial charge >= 0.3 is 0 Å². The molecule has 0 saturated heterocycles. The zero-order valence-electron chi connectivity index (χ0n) is 17.2. The van der Waals surface area contributed by atoms with Gasteiger partial charge in [-0.25, -0.2) is 5.43 Å². The van der Waals surface area contributed by atoms with Crippen LogP contribution in [0, 0.1) is 10.5 Å². The molecule has 31 heavy (non-hydrogen) atoms. The smallest absolute Gasteiger partial charge is 0.259 e. The second kappa shape index (κ2) is 9.78. The molecular formula is C25H23IN4O. The van der Waals surface area contributed by atoms with Gasteiger partial charge in [-0.05, 0) is 71.0 Å². The Balaban J connectivity index is 1.44. The number of carbonyl (C=O) groups excluding carboxylic acids is 1. The number of aryl methyl sites for hydroxylation is 1. The third kappa shape index (κ3) is 5.32. The monoisotopic (exact) mass is 522 g/mol. The molecule has 0 aliphatic rings. The second-order valence-electron chi connectivity index (χ2n) is 7.31. The van der Waals surface area contributed by atoms with Crippen LogP contribution >= 0.6 is 22.6 Å². The van der Waals surface area contributed by atoms with Crippen molar-refractivity contribution in [1.82, 2.24) is 9.99 Å². The Hall–Kier alpha value is -3.13. The quantitative estimate of drug-likeness (QED) is 0.200. The highest BCUT2D eigenvalue weighted by molar-refractivity contribution is 14.1. The second-order valence-corrected chi connectivity index (χ2v) is 8.56. The largest absolute Gasteiger partial charge is 0.376 e. The average molecular weight is 522 g/mol. The van der Waals surface area contributed by atoms with Crippen molar-refractivity contribution < 1.29 is 4.79 Å². The highest BCUT2D eigenvalue weighted by atomic mass is 127. The fraction of sp³-hybridized carbons (Fsp3) is 0.120. The van der Waals surface area contributed by atoms with Crippen LogP contribution in [0.5, 0.6) is 0 Å². The van der Waals surface area contributed by atoms with E-state index in [0.29, 0.717) is 0 Å². The van der Waals surface area contributed by atoms with Crippen molar-refractivity contribution in [2.24, 2.45) is 5.10 Å². The van der Waals surface area contributed by atoms with Gasteiger partial charge < -0.3 is 9.88 Å². The Bertz CT molecular complexity index is 1230. The van der Waals surface area contributed by atoms with E-state index in [1.165, 1.54) is 11.1 Å². The van der Waals surface area contributed by atoms with Crippen molar-refractivity contribution in [3.05, 3.63) is 99.3 Å². The van der Waals surface area contributed by atoms with Gasteiger partial charge in [0.25, 0.3) is 5.91 Å². The summed E-state index contributed by atoms with van der Waals surface area (Å²) in [6.45, 7) is 3.07. The SMILES string of the molecule is Cc1ccccc1Cn1cc(/C=N/NC(=O)CNc2ccc(I)cc2)c2ccccc21. The van der Waals surface area contributed by atoms with Crippen molar-refractivity contribution >= 4 is 51.3 Å². The summed E-state index contributed by atoms with van der Waals surface area (Å²) in [6.07, 6.45) is 3.79. The van der Waals surface area contributed by atoms with E-state index in [2.05, 4.69) is 92.5 Å². The molecule has 5 nitrogen and oxygen atoms in total. The third-order valence-electron chi connectivity index (χ3n) is 5.11. The van der Waals surface area contributed by atoms with Crippen molar-refractivity contribution in [3.8, 4) is 0 Å². The number of hydrogen-bond donors (Lipinski definition) is 2. The molecule has 0 aliphatic carbocycles. The van der Waals surface area contributed by atoms with Crippen molar-refractivity contribution in [2.45, 2.75) is 13.5 Å². The minimum absolute atomic E-state index is 0.160. The highest BCUT2D eigenvalue weighted by Gasteiger charge is 2.08. The first-order valence-corrected chi connectivity index (χ1v) is 11.1. The Morgan fingerprint density at radius 2 is 1.77 bits per heavy atom. The molecule has 0 radical (unpaired) electrons. The fourth-order valence-electron chi connectivity index (χ4n) is 3.44. The van der Waals surface area contributed by atoms with Crippen LogP contribution in [0.4, 0.5) is 5.69 Å². The van der Waals surface area contributed by atoms with E-state index < -0.39 is 0 Å². The van der Waals surface area contributed by atoms with E-state index >= 15 is 0 Å². The molecule has 1 amide bonds. The number of nitrogens with one attached hydrogen (secondary N) is 2. The van der Waals surface area contributed by atoms with Crippen LogP contribution < -0.4 is 10.7 Å². The predicted octanol–water partition coefficient (Wildman–Crippen LogP) is 5.16. The molecule has 2 N–H and O–H groups in total. The lowest BCUT2D eigenvalue weighted by Crippen LogP contribution is -2.25. The van der Waals surface area contributed by atoms with Crippen molar-refractivity contribution in [1.29, 1.82) is 0 Å². The lowest BCUT2D eigenvalue weighted by molar-refractivity contribution is -0.119. The Labute approximate surface area is 195 Å². The molecule has 0 bridgehead atoms. The van der Waals surface area contributed by atoms with Crippen molar-refractivity contribution in [3.63, 3.8) is 0 Å². The maximum atomic E-state index is 12.1. The summed E-state index contributed by atoms with van der Waals surface area (Å²) in [7, 11) is 0. The summed E-state index contributed by atoms with van der Waals surface area (Å²) in [5.74, 6) is -0.196. The molecule has 1 heterocycles. The third-order valence-corrected chi connectivity index (χ3v) is 5.83. The Kier molecular flexibility index (Phi) is 6.66. The summed E-state index contributed by atoms with van der Waals surface area (Å²) in [5.41, 5.74) is 8.16. The molecule has 3 aromatic carbocycles. The zero-order chi connectivity index (χ0) is 21.6. The van der Waals surface area contributed by atoms with Gasteiger partial charge in [0, 0.05) is 38.5 Å². The van der Waals surface area contributed by atoms with Gasteiger partial charge in [0.15, 0.2) is 0 Å². The van der Waals surface area contributed by atoms with E-state index in [4.69, 9.17) is 0 Å². The van der Waals surface area contributed by atoms with Crippen LogP contribution in [0.25, 0.3) is 10.9 Å². The minimum Gasteiger partial charge on any atom is -0.376 e. The number of benzene rings is 3. The topological polar surface area (TPSA) is 58.4 Å². The van der Waals surface area contributed by atoms with Crippen LogP contribution in [0.1, 0.15) is 16.7 Å². The van der Waals surface area contributed by atoms with Crippen molar-refractivity contribution in [2.75, 3.05) is 11.9 Å². The number of hydrogen-bond acceptors (Lipinski definition) is 3. The molecule has 0 spiro atoms. The predicted molar refractivity (Wildman–Crippen MR) is 136 cm³/mol. The van der Waals surface area contributed by atoms with E-state index in [1.54, 1.807) is 6.21 Å². The van der Waals surface area contributed by atoms with Gasteiger partial charge in [0.05, 0.1) is 12.8 Å². The molecule has 0 saturated carbocycles. The number of aromatic nitrogens is 1. The lowest BCUT2D eigenvalue weighted by atomic mass is 10.1. The number of carbonyl (C=O) groups is 1. The summed E-state index contributed by atoms with van der Waals surface area (Å²) >= 11 is 2.25. The normalized spacial score (nSPS) is 11.2. The van der Waals surface area contributed by atoms with E-state index in [9.17, 15) is 4.79 Å². The van der Waals surface area contributed by atoms with Gasteiger partial charge in [-0.15, -0.1) is 0 Å². The maximum Gasteiger partial charge on any atom is 0.259 e. The molecule has 0 unspecified atom stereocenters. The number of fused-ring (bicyclic) bond motifs is 1. The molecule has 0 atom stereocenters. The zero-order valence-corrected chi connectivity index (χ0v) is 19.3. The van der Waals surface area contributed by atoms with Crippen LogP contribution in [0.2, 0.25) is 0 Å².